The van der Waals surface area contributed by atoms with Gasteiger partial charge in [-0.3, -0.25) is 9.59 Å². The number of rotatable bonds is 5. The number of aryl methyl sites for hydroxylation is 1. The van der Waals surface area contributed by atoms with Gasteiger partial charge in [-0.25, -0.2) is 14.1 Å². The Kier molecular flexibility index (Phi) is 4.86. The maximum absolute atomic E-state index is 13.3. The van der Waals surface area contributed by atoms with Crippen molar-refractivity contribution in [2.24, 2.45) is 7.05 Å². The molecule has 0 bridgehead atoms. The molecule has 1 atom stereocenters. The first-order valence-corrected chi connectivity index (χ1v) is 8.87. The zero-order chi connectivity index (χ0) is 20.4. The normalized spacial score (nSPS) is 12.1. The maximum Gasteiger partial charge on any atom is 0.278 e. The third kappa shape index (κ3) is 3.75. The van der Waals surface area contributed by atoms with E-state index in [1.807, 2.05) is 0 Å². The van der Waals surface area contributed by atoms with Crippen LogP contribution in [0.15, 0.2) is 65.7 Å². The van der Waals surface area contributed by atoms with E-state index in [9.17, 15) is 14.0 Å². The average Bonchev–Trinajstić information content (AvgIpc) is 3.15. The molecule has 2 aromatic carbocycles. The molecule has 0 fully saturated rings. The van der Waals surface area contributed by atoms with Crippen LogP contribution in [0.2, 0.25) is 0 Å². The summed E-state index contributed by atoms with van der Waals surface area (Å²) in [6.45, 7) is -0.307. The van der Waals surface area contributed by atoms with E-state index in [2.05, 4.69) is 20.6 Å². The van der Waals surface area contributed by atoms with Crippen LogP contribution in [0, 0.1) is 5.82 Å². The minimum atomic E-state index is -0.618. The zero-order valence-electron chi connectivity index (χ0n) is 15.5. The van der Waals surface area contributed by atoms with E-state index in [1.165, 1.54) is 12.1 Å². The monoisotopic (exact) mass is 392 g/mol. The molecule has 1 unspecified atom stereocenters. The van der Waals surface area contributed by atoms with Gasteiger partial charge in [-0.1, -0.05) is 29.5 Å². The highest BCUT2D eigenvalue weighted by Gasteiger charge is 2.21. The molecule has 1 amide bonds. The lowest BCUT2D eigenvalue weighted by Gasteiger charge is -2.19. The van der Waals surface area contributed by atoms with Crippen LogP contribution >= 0.6 is 0 Å². The molecule has 2 heterocycles. The number of hydrogen-bond acceptors (Lipinski definition) is 5. The third-order valence-electron chi connectivity index (χ3n) is 4.55. The number of aromatic nitrogens is 5. The van der Waals surface area contributed by atoms with Crippen LogP contribution in [-0.2, 0) is 18.4 Å². The summed E-state index contributed by atoms with van der Waals surface area (Å²) in [5.41, 5.74) is 0.721. The number of hydrogen-bond donors (Lipinski definition) is 1. The van der Waals surface area contributed by atoms with E-state index in [4.69, 9.17) is 0 Å². The second-order valence-electron chi connectivity index (χ2n) is 6.52. The van der Waals surface area contributed by atoms with Gasteiger partial charge in [0.15, 0.2) is 0 Å². The second kappa shape index (κ2) is 7.63. The van der Waals surface area contributed by atoms with Crippen molar-refractivity contribution in [1.29, 1.82) is 0 Å². The molecule has 146 valence electrons. The topological polar surface area (TPSA) is 94.7 Å². The third-order valence-corrected chi connectivity index (χ3v) is 4.55. The highest BCUT2D eigenvalue weighted by molar-refractivity contribution is 5.78. The quantitative estimate of drug-likeness (QED) is 0.556. The van der Waals surface area contributed by atoms with Crippen molar-refractivity contribution in [1.82, 2.24) is 29.9 Å². The van der Waals surface area contributed by atoms with E-state index in [1.54, 1.807) is 60.4 Å². The van der Waals surface area contributed by atoms with Crippen molar-refractivity contribution in [2.45, 2.75) is 12.6 Å². The van der Waals surface area contributed by atoms with Crippen LogP contribution in [0.5, 0.6) is 0 Å². The fourth-order valence-electron chi connectivity index (χ4n) is 3.08. The van der Waals surface area contributed by atoms with E-state index in [-0.39, 0.29) is 12.4 Å². The molecule has 29 heavy (non-hydrogen) atoms. The molecular formula is C20H17FN6O2. The van der Waals surface area contributed by atoms with Gasteiger partial charge in [0.2, 0.25) is 5.91 Å². The van der Waals surface area contributed by atoms with Crippen LogP contribution in [0.1, 0.15) is 17.4 Å². The summed E-state index contributed by atoms with van der Waals surface area (Å²) in [5.74, 6) is -0.257. The number of benzene rings is 2. The van der Waals surface area contributed by atoms with E-state index in [0.29, 0.717) is 22.3 Å². The van der Waals surface area contributed by atoms with E-state index >= 15 is 0 Å². The number of amides is 1. The minimum absolute atomic E-state index is 0.307. The van der Waals surface area contributed by atoms with Crippen molar-refractivity contribution in [3.05, 3.63) is 88.5 Å². The molecule has 2 aromatic heterocycles. The fraction of sp³-hybridized carbons (Fsp3) is 0.150. The van der Waals surface area contributed by atoms with Crippen LogP contribution in [-0.4, -0.2) is 30.5 Å². The predicted octanol–water partition coefficient (Wildman–Crippen LogP) is 1.57. The molecule has 8 nitrogen and oxygen atoms in total. The number of carbonyl (C=O) groups is 1. The number of fused-ring (bicyclic) bond motifs is 1. The number of imidazole rings is 1. The summed E-state index contributed by atoms with van der Waals surface area (Å²) in [5, 5.41) is 11.1. The summed E-state index contributed by atoms with van der Waals surface area (Å²) >= 11 is 0. The second-order valence-corrected chi connectivity index (χ2v) is 6.52. The standard InChI is InChI=1S/C20H17FN6O2/c1-26-11-10-22-19(26)18(13-6-8-14(21)9-7-13)23-17(28)12-27-20(29)15-4-2-3-5-16(15)24-25-27/h2-11,18H,12H2,1H3,(H,23,28). The van der Waals surface area contributed by atoms with Crippen LogP contribution < -0.4 is 10.9 Å². The molecule has 4 rings (SSSR count). The van der Waals surface area contributed by atoms with Crippen LogP contribution in [0.4, 0.5) is 4.39 Å². The fourth-order valence-corrected chi connectivity index (χ4v) is 3.08. The van der Waals surface area contributed by atoms with E-state index in [0.717, 1.165) is 4.68 Å². The molecule has 0 aliphatic heterocycles. The molecule has 0 aliphatic rings. The molecule has 0 aliphatic carbocycles. The zero-order valence-corrected chi connectivity index (χ0v) is 15.5. The van der Waals surface area contributed by atoms with Crippen molar-refractivity contribution in [3.8, 4) is 0 Å². The Labute approximate surface area is 164 Å². The minimum Gasteiger partial charge on any atom is -0.340 e. The van der Waals surface area contributed by atoms with Crippen molar-refractivity contribution >= 4 is 16.8 Å². The predicted molar refractivity (Wildman–Crippen MR) is 103 cm³/mol. The van der Waals surface area contributed by atoms with Crippen molar-refractivity contribution in [3.63, 3.8) is 0 Å². The van der Waals surface area contributed by atoms with Gasteiger partial charge in [-0.2, -0.15) is 0 Å². The Bertz CT molecular complexity index is 1230. The van der Waals surface area contributed by atoms with Crippen molar-refractivity contribution in [2.75, 3.05) is 0 Å². The number of nitrogens with zero attached hydrogens (tertiary/aromatic N) is 5. The van der Waals surface area contributed by atoms with Crippen molar-refractivity contribution < 1.29 is 9.18 Å². The molecule has 4 aromatic rings. The number of carbonyl (C=O) groups excluding carboxylic acids is 1. The van der Waals surface area contributed by atoms with Gasteiger partial charge in [0, 0.05) is 19.4 Å². The van der Waals surface area contributed by atoms with Gasteiger partial charge in [0.25, 0.3) is 5.56 Å². The smallest absolute Gasteiger partial charge is 0.278 e. The van der Waals surface area contributed by atoms with Gasteiger partial charge in [0.1, 0.15) is 29.7 Å². The largest absolute Gasteiger partial charge is 0.340 e. The Morgan fingerprint density at radius 2 is 1.93 bits per heavy atom. The summed E-state index contributed by atoms with van der Waals surface area (Å²) in [4.78, 5) is 29.6. The number of halogens is 1. The Hall–Kier alpha value is -3.88. The van der Waals surface area contributed by atoms with Gasteiger partial charge >= 0.3 is 0 Å². The van der Waals surface area contributed by atoms with Gasteiger partial charge in [-0.05, 0) is 29.8 Å². The number of nitrogens with one attached hydrogen (secondary N) is 1. The van der Waals surface area contributed by atoms with Gasteiger partial charge < -0.3 is 9.88 Å². The Morgan fingerprint density at radius 3 is 2.66 bits per heavy atom. The highest BCUT2D eigenvalue weighted by Crippen LogP contribution is 2.20. The summed E-state index contributed by atoms with van der Waals surface area (Å²) in [7, 11) is 1.80. The molecule has 0 saturated carbocycles. The summed E-state index contributed by atoms with van der Waals surface area (Å²) in [6, 6.07) is 12.0. The first-order valence-electron chi connectivity index (χ1n) is 8.87. The maximum atomic E-state index is 13.3. The Morgan fingerprint density at radius 1 is 1.17 bits per heavy atom. The SMILES string of the molecule is Cn1ccnc1C(NC(=O)Cn1nnc2ccccc2c1=O)c1ccc(F)cc1. The highest BCUT2D eigenvalue weighted by atomic mass is 19.1. The first kappa shape index (κ1) is 18.5. The Balaban J connectivity index is 1.62. The molecular weight excluding hydrogens is 375 g/mol. The summed E-state index contributed by atoms with van der Waals surface area (Å²) < 4.78 is 16.1. The average molecular weight is 392 g/mol. The molecule has 0 radical (unpaired) electrons. The molecule has 1 N–H and O–H groups in total. The van der Waals surface area contributed by atoms with Crippen LogP contribution in [0.25, 0.3) is 10.9 Å². The lowest BCUT2D eigenvalue weighted by Crippen LogP contribution is -2.37. The van der Waals surface area contributed by atoms with Gasteiger partial charge in [0.05, 0.1) is 5.39 Å². The van der Waals surface area contributed by atoms with Crippen LogP contribution in [0.3, 0.4) is 0 Å². The first-order chi connectivity index (χ1) is 14.0. The van der Waals surface area contributed by atoms with E-state index < -0.39 is 17.5 Å². The molecule has 9 heteroatoms. The lowest BCUT2D eigenvalue weighted by atomic mass is 10.1. The lowest BCUT2D eigenvalue weighted by molar-refractivity contribution is -0.122. The molecule has 0 saturated heterocycles. The molecule has 0 spiro atoms. The van der Waals surface area contributed by atoms with Gasteiger partial charge in [-0.15, -0.1) is 5.10 Å². The summed E-state index contributed by atoms with van der Waals surface area (Å²) in [6.07, 6.45) is 3.36.